The van der Waals surface area contributed by atoms with E-state index in [0.29, 0.717) is 12.4 Å². The van der Waals surface area contributed by atoms with Gasteiger partial charge in [-0.1, -0.05) is 6.07 Å². The standard InChI is InChI=1S/C17H20N6O3/c1-17(2)15(25)23(16(26)18-17)10-13(24)21-9-5-6-11(21)14-20-19-12-7-3-4-8-22(12)14/h3-4,7-8,11H,5-6,9-10H2,1-2H3,(H,18,26)/t11-/m1/s1. The number of nitrogens with one attached hydrogen (secondary N) is 1. The molecule has 2 aromatic rings. The Morgan fingerprint density at radius 1 is 1.31 bits per heavy atom. The molecule has 26 heavy (non-hydrogen) atoms. The van der Waals surface area contributed by atoms with Crippen molar-refractivity contribution >= 4 is 23.5 Å². The van der Waals surface area contributed by atoms with E-state index in [1.807, 2.05) is 28.8 Å². The van der Waals surface area contributed by atoms with E-state index < -0.39 is 11.6 Å². The van der Waals surface area contributed by atoms with Crippen LogP contribution in [-0.4, -0.2) is 60.9 Å². The molecule has 4 amide bonds. The second-order valence-electron chi connectivity index (χ2n) is 7.18. The molecule has 0 radical (unpaired) electrons. The van der Waals surface area contributed by atoms with Crippen molar-refractivity contribution < 1.29 is 14.4 Å². The van der Waals surface area contributed by atoms with Crippen molar-refractivity contribution in [3.05, 3.63) is 30.2 Å². The van der Waals surface area contributed by atoms with Gasteiger partial charge in [-0.25, -0.2) is 4.79 Å². The molecular formula is C17H20N6O3. The highest BCUT2D eigenvalue weighted by atomic mass is 16.2. The lowest BCUT2D eigenvalue weighted by molar-refractivity contribution is -0.139. The molecule has 1 atom stereocenters. The van der Waals surface area contributed by atoms with Crippen LogP contribution in [-0.2, 0) is 9.59 Å². The van der Waals surface area contributed by atoms with Crippen LogP contribution in [0.15, 0.2) is 24.4 Å². The molecule has 2 aliphatic rings. The summed E-state index contributed by atoms with van der Waals surface area (Å²) in [5.74, 6) is 0.0462. The zero-order valence-electron chi connectivity index (χ0n) is 14.7. The van der Waals surface area contributed by atoms with Gasteiger partial charge < -0.3 is 10.2 Å². The highest BCUT2D eigenvalue weighted by Gasteiger charge is 2.46. The highest BCUT2D eigenvalue weighted by Crippen LogP contribution is 2.31. The molecule has 9 nitrogen and oxygen atoms in total. The van der Waals surface area contributed by atoms with Crippen molar-refractivity contribution in [2.75, 3.05) is 13.1 Å². The summed E-state index contributed by atoms with van der Waals surface area (Å²) in [5.41, 5.74) is -0.261. The van der Waals surface area contributed by atoms with Crippen LogP contribution in [0.2, 0.25) is 0 Å². The van der Waals surface area contributed by atoms with E-state index in [2.05, 4.69) is 15.5 Å². The van der Waals surface area contributed by atoms with Gasteiger partial charge in [0.15, 0.2) is 11.5 Å². The van der Waals surface area contributed by atoms with Crippen molar-refractivity contribution in [2.45, 2.75) is 38.3 Å². The first-order valence-corrected chi connectivity index (χ1v) is 8.62. The third-order valence-electron chi connectivity index (χ3n) is 4.95. The van der Waals surface area contributed by atoms with Crippen LogP contribution in [0.25, 0.3) is 5.65 Å². The van der Waals surface area contributed by atoms with Gasteiger partial charge in [-0.3, -0.25) is 18.9 Å². The number of pyridine rings is 1. The Morgan fingerprint density at radius 2 is 2.12 bits per heavy atom. The van der Waals surface area contributed by atoms with E-state index in [1.165, 1.54) is 0 Å². The first-order chi connectivity index (χ1) is 12.4. The van der Waals surface area contributed by atoms with Crippen molar-refractivity contribution in [2.24, 2.45) is 0 Å². The van der Waals surface area contributed by atoms with Crippen molar-refractivity contribution in [3.8, 4) is 0 Å². The van der Waals surface area contributed by atoms with E-state index in [0.717, 1.165) is 23.4 Å². The molecule has 4 rings (SSSR count). The Labute approximate surface area is 150 Å². The molecule has 0 aliphatic carbocycles. The summed E-state index contributed by atoms with van der Waals surface area (Å²) in [6.07, 6.45) is 3.47. The fraction of sp³-hybridized carbons (Fsp3) is 0.471. The molecule has 0 spiro atoms. The lowest BCUT2D eigenvalue weighted by atomic mass is 10.1. The molecule has 0 unspecified atom stereocenters. The summed E-state index contributed by atoms with van der Waals surface area (Å²) >= 11 is 0. The Bertz CT molecular complexity index is 905. The van der Waals surface area contributed by atoms with Gasteiger partial charge in [0.2, 0.25) is 5.91 Å². The van der Waals surface area contributed by atoms with Crippen LogP contribution in [0.1, 0.15) is 38.6 Å². The summed E-state index contributed by atoms with van der Waals surface area (Å²) in [4.78, 5) is 39.9. The fourth-order valence-electron chi connectivity index (χ4n) is 3.61. The number of rotatable bonds is 3. The molecule has 0 saturated carbocycles. The van der Waals surface area contributed by atoms with Gasteiger partial charge in [-0.05, 0) is 38.8 Å². The smallest absolute Gasteiger partial charge is 0.325 e. The Balaban J connectivity index is 1.56. The molecule has 0 bridgehead atoms. The quantitative estimate of drug-likeness (QED) is 0.817. The molecule has 2 saturated heterocycles. The molecular weight excluding hydrogens is 336 g/mol. The van der Waals surface area contributed by atoms with Crippen LogP contribution < -0.4 is 5.32 Å². The predicted octanol–water partition coefficient (Wildman–Crippen LogP) is 0.723. The normalized spacial score (nSPS) is 22.3. The van der Waals surface area contributed by atoms with Crippen LogP contribution in [0.4, 0.5) is 4.79 Å². The molecule has 136 valence electrons. The zero-order valence-corrected chi connectivity index (χ0v) is 14.7. The molecule has 2 fully saturated rings. The topological polar surface area (TPSA) is 99.9 Å². The minimum absolute atomic E-state index is 0.214. The number of carbonyl (C=O) groups is 3. The third-order valence-corrected chi connectivity index (χ3v) is 4.95. The maximum Gasteiger partial charge on any atom is 0.325 e. The first-order valence-electron chi connectivity index (χ1n) is 8.62. The molecule has 4 heterocycles. The van der Waals surface area contributed by atoms with E-state index in [9.17, 15) is 14.4 Å². The Hall–Kier alpha value is -2.97. The number of likely N-dealkylation sites (tertiary alicyclic amines) is 1. The van der Waals surface area contributed by atoms with Gasteiger partial charge in [-0.15, -0.1) is 10.2 Å². The predicted molar refractivity (Wildman–Crippen MR) is 91.0 cm³/mol. The number of amides is 4. The molecule has 0 aromatic carbocycles. The average molecular weight is 356 g/mol. The van der Waals surface area contributed by atoms with E-state index in [4.69, 9.17) is 0 Å². The van der Waals surface area contributed by atoms with Crippen LogP contribution in [0.5, 0.6) is 0 Å². The number of aromatic nitrogens is 3. The number of nitrogens with zero attached hydrogens (tertiary/aromatic N) is 5. The monoisotopic (exact) mass is 356 g/mol. The van der Waals surface area contributed by atoms with Gasteiger partial charge in [-0.2, -0.15) is 0 Å². The largest absolute Gasteiger partial charge is 0.331 e. The van der Waals surface area contributed by atoms with Crippen LogP contribution in [0.3, 0.4) is 0 Å². The molecule has 2 aromatic heterocycles. The van der Waals surface area contributed by atoms with Crippen LogP contribution in [0, 0.1) is 0 Å². The Kier molecular flexibility index (Phi) is 3.67. The third kappa shape index (κ3) is 2.51. The van der Waals surface area contributed by atoms with Crippen LogP contribution >= 0.6 is 0 Å². The number of urea groups is 1. The fourth-order valence-corrected chi connectivity index (χ4v) is 3.61. The average Bonchev–Trinajstić information content (AvgIpc) is 3.28. The number of fused-ring (bicyclic) bond motifs is 1. The first kappa shape index (κ1) is 16.5. The van der Waals surface area contributed by atoms with Crippen molar-refractivity contribution in [1.29, 1.82) is 0 Å². The second kappa shape index (κ2) is 5.79. The minimum Gasteiger partial charge on any atom is -0.331 e. The summed E-state index contributed by atoms with van der Waals surface area (Å²) in [6, 6.07) is 4.87. The number of carbonyl (C=O) groups excluding carboxylic acids is 3. The number of hydrogen-bond donors (Lipinski definition) is 1. The lowest BCUT2D eigenvalue weighted by Crippen LogP contribution is -2.44. The SMILES string of the molecule is CC1(C)NC(=O)N(CC(=O)N2CCC[C@@H]2c2nnc3ccccn23)C1=O. The minimum atomic E-state index is -0.981. The van der Waals surface area contributed by atoms with Gasteiger partial charge >= 0.3 is 6.03 Å². The van der Waals surface area contributed by atoms with E-state index >= 15 is 0 Å². The maximum absolute atomic E-state index is 12.8. The highest BCUT2D eigenvalue weighted by molar-refractivity contribution is 6.08. The van der Waals surface area contributed by atoms with E-state index in [-0.39, 0.29) is 24.4 Å². The summed E-state index contributed by atoms with van der Waals surface area (Å²) in [7, 11) is 0. The van der Waals surface area contributed by atoms with Gasteiger partial charge in [0.05, 0.1) is 6.04 Å². The van der Waals surface area contributed by atoms with Crippen molar-refractivity contribution in [1.82, 2.24) is 29.7 Å². The molecule has 1 N–H and O–H groups in total. The van der Waals surface area contributed by atoms with Crippen molar-refractivity contribution in [3.63, 3.8) is 0 Å². The molecule has 9 heteroatoms. The summed E-state index contributed by atoms with van der Waals surface area (Å²) < 4.78 is 1.87. The second-order valence-corrected chi connectivity index (χ2v) is 7.18. The number of hydrogen-bond acceptors (Lipinski definition) is 5. The maximum atomic E-state index is 12.8. The van der Waals surface area contributed by atoms with E-state index in [1.54, 1.807) is 18.7 Å². The summed E-state index contributed by atoms with van der Waals surface area (Å²) in [6.45, 7) is 3.55. The van der Waals surface area contributed by atoms with Gasteiger partial charge in [0.25, 0.3) is 5.91 Å². The zero-order chi connectivity index (χ0) is 18.5. The molecule has 2 aliphatic heterocycles. The number of imide groups is 1. The lowest BCUT2D eigenvalue weighted by Gasteiger charge is -2.25. The van der Waals surface area contributed by atoms with Gasteiger partial charge in [0, 0.05) is 12.7 Å². The van der Waals surface area contributed by atoms with Gasteiger partial charge in [0.1, 0.15) is 12.1 Å². The summed E-state index contributed by atoms with van der Waals surface area (Å²) in [5, 5.41) is 11.0. The Morgan fingerprint density at radius 3 is 2.85 bits per heavy atom.